The molecule has 0 spiro atoms. The quantitative estimate of drug-likeness (QED) is 0.728. The number of carbonyl (C=O) groups excluding carboxylic acids is 1. The van der Waals surface area contributed by atoms with Gasteiger partial charge in [0.15, 0.2) is 5.76 Å². The number of hydrogen-bond donors (Lipinski definition) is 0. The largest absolute Gasteiger partial charge is 0.497 e. The van der Waals surface area contributed by atoms with Crippen LogP contribution in [0.4, 0.5) is 0 Å². The Morgan fingerprint density at radius 2 is 2.00 bits per heavy atom. The normalized spacial score (nSPS) is 14.9. The molecule has 112 valence electrons. The summed E-state index contributed by atoms with van der Waals surface area (Å²) < 4.78 is 10.9. The Balaban J connectivity index is 1.79. The van der Waals surface area contributed by atoms with Crippen LogP contribution in [0.2, 0.25) is 0 Å². The van der Waals surface area contributed by atoms with E-state index in [4.69, 9.17) is 9.15 Å². The highest BCUT2D eigenvalue weighted by Crippen LogP contribution is 2.26. The van der Waals surface area contributed by atoms with E-state index in [1.807, 2.05) is 29.2 Å². The molecule has 1 aliphatic heterocycles. The maximum Gasteiger partial charge on any atom is 0.289 e. The van der Waals surface area contributed by atoms with Crippen molar-refractivity contribution in [2.45, 2.75) is 12.8 Å². The molecule has 1 aromatic carbocycles. The van der Waals surface area contributed by atoms with E-state index in [0.29, 0.717) is 11.5 Å². The third kappa shape index (κ3) is 2.09. The van der Waals surface area contributed by atoms with E-state index in [1.54, 1.807) is 13.2 Å². The first kappa shape index (κ1) is 13.1. The Hall–Kier alpha value is -2.56. The second-order valence-corrected chi connectivity index (χ2v) is 5.55. The minimum Gasteiger partial charge on any atom is -0.497 e. The van der Waals surface area contributed by atoms with Crippen LogP contribution in [-0.4, -0.2) is 36.0 Å². The number of ether oxygens (including phenoxy) is 1. The Morgan fingerprint density at radius 3 is 2.77 bits per heavy atom. The van der Waals surface area contributed by atoms with Gasteiger partial charge in [-0.25, -0.2) is 4.98 Å². The Kier molecular flexibility index (Phi) is 2.99. The first-order chi connectivity index (χ1) is 10.7. The average molecular weight is 296 g/mol. The molecular weight excluding hydrogens is 280 g/mol. The van der Waals surface area contributed by atoms with Crippen LogP contribution >= 0.6 is 0 Å². The summed E-state index contributed by atoms with van der Waals surface area (Å²) in [5, 5.41) is 1.84. The van der Waals surface area contributed by atoms with E-state index >= 15 is 0 Å². The molecule has 0 aliphatic carbocycles. The molecule has 3 aromatic rings. The standard InChI is InChI=1S/C17H16N2O3/c1-21-13-5-4-11-8-12-9-15(17(20)19-6-2-3-7-19)22-16(12)18-14(11)10-13/h4-5,8-10H,2-3,6-7H2,1H3. The summed E-state index contributed by atoms with van der Waals surface area (Å²) in [6.07, 6.45) is 2.13. The first-order valence-corrected chi connectivity index (χ1v) is 7.42. The monoisotopic (exact) mass is 296 g/mol. The predicted molar refractivity (Wildman–Crippen MR) is 83.2 cm³/mol. The van der Waals surface area contributed by atoms with E-state index in [2.05, 4.69) is 4.98 Å². The molecule has 0 N–H and O–H groups in total. The van der Waals surface area contributed by atoms with Gasteiger partial charge in [0.1, 0.15) is 5.75 Å². The number of fused-ring (bicyclic) bond motifs is 2. The molecule has 1 fully saturated rings. The van der Waals surface area contributed by atoms with Gasteiger partial charge < -0.3 is 14.1 Å². The van der Waals surface area contributed by atoms with Crippen LogP contribution in [0, 0.1) is 0 Å². The van der Waals surface area contributed by atoms with Crippen molar-refractivity contribution in [3.8, 4) is 5.75 Å². The zero-order valence-electron chi connectivity index (χ0n) is 12.3. The highest BCUT2D eigenvalue weighted by Gasteiger charge is 2.23. The molecule has 5 nitrogen and oxygen atoms in total. The molecule has 0 atom stereocenters. The van der Waals surface area contributed by atoms with Crippen molar-refractivity contribution in [2.24, 2.45) is 0 Å². The topological polar surface area (TPSA) is 55.6 Å². The summed E-state index contributed by atoms with van der Waals surface area (Å²) in [5.41, 5.74) is 1.28. The van der Waals surface area contributed by atoms with Crippen molar-refractivity contribution in [3.63, 3.8) is 0 Å². The Labute approximate surface area is 127 Å². The lowest BCUT2D eigenvalue weighted by Gasteiger charge is -2.12. The lowest BCUT2D eigenvalue weighted by Crippen LogP contribution is -2.27. The van der Waals surface area contributed by atoms with Gasteiger partial charge in [0, 0.05) is 29.9 Å². The molecule has 22 heavy (non-hydrogen) atoms. The summed E-state index contributed by atoms with van der Waals surface area (Å²) in [7, 11) is 1.62. The molecule has 0 unspecified atom stereocenters. The number of carbonyl (C=O) groups is 1. The van der Waals surface area contributed by atoms with E-state index < -0.39 is 0 Å². The molecule has 1 amide bonds. The third-order valence-electron chi connectivity index (χ3n) is 4.11. The van der Waals surface area contributed by atoms with Crippen LogP contribution < -0.4 is 4.74 Å². The van der Waals surface area contributed by atoms with Crippen molar-refractivity contribution in [3.05, 3.63) is 36.1 Å². The number of methoxy groups -OCH3 is 1. The van der Waals surface area contributed by atoms with Crippen LogP contribution in [0.1, 0.15) is 23.4 Å². The number of amides is 1. The fourth-order valence-corrected chi connectivity index (χ4v) is 2.91. The van der Waals surface area contributed by atoms with Gasteiger partial charge in [-0.15, -0.1) is 0 Å². The summed E-state index contributed by atoms with van der Waals surface area (Å²) in [6.45, 7) is 1.62. The van der Waals surface area contributed by atoms with Crippen molar-refractivity contribution in [1.82, 2.24) is 9.88 Å². The lowest BCUT2D eigenvalue weighted by molar-refractivity contribution is 0.0763. The fourth-order valence-electron chi connectivity index (χ4n) is 2.91. The molecular formula is C17H16N2O3. The van der Waals surface area contributed by atoms with E-state index in [9.17, 15) is 4.79 Å². The van der Waals surface area contributed by atoms with Gasteiger partial charge in [-0.05, 0) is 37.1 Å². The highest BCUT2D eigenvalue weighted by molar-refractivity contribution is 5.98. The Morgan fingerprint density at radius 1 is 1.18 bits per heavy atom. The van der Waals surface area contributed by atoms with Crippen molar-refractivity contribution in [2.75, 3.05) is 20.2 Å². The van der Waals surface area contributed by atoms with Gasteiger partial charge in [0.2, 0.25) is 5.71 Å². The average Bonchev–Trinajstić information content (AvgIpc) is 3.20. The summed E-state index contributed by atoms with van der Waals surface area (Å²) in [6, 6.07) is 9.48. The van der Waals surface area contributed by atoms with Crippen molar-refractivity contribution in [1.29, 1.82) is 0 Å². The number of rotatable bonds is 2. The van der Waals surface area contributed by atoms with Crippen molar-refractivity contribution < 1.29 is 13.9 Å². The zero-order valence-corrected chi connectivity index (χ0v) is 12.3. The molecule has 0 saturated carbocycles. The Bertz CT molecular complexity index is 863. The molecule has 2 aromatic heterocycles. The first-order valence-electron chi connectivity index (χ1n) is 7.42. The number of aromatic nitrogens is 1. The van der Waals surface area contributed by atoms with Gasteiger partial charge in [-0.1, -0.05) is 0 Å². The van der Waals surface area contributed by atoms with Crippen LogP contribution in [0.5, 0.6) is 5.75 Å². The number of benzene rings is 1. The van der Waals surface area contributed by atoms with Crippen LogP contribution in [-0.2, 0) is 0 Å². The molecule has 3 heterocycles. The highest BCUT2D eigenvalue weighted by atomic mass is 16.5. The van der Waals surface area contributed by atoms with Gasteiger partial charge in [0.05, 0.1) is 12.6 Å². The summed E-state index contributed by atoms with van der Waals surface area (Å²) >= 11 is 0. The van der Waals surface area contributed by atoms with Crippen LogP contribution in [0.15, 0.2) is 34.7 Å². The SMILES string of the molecule is COc1ccc2cc3cc(C(=O)N4CCCC4)oc3nc2c1. The maximum absolute atomic E-state index is 12.4. The molecule has 0 radical (unpaired) electrons. The predicted octanol–water partition coefficient (Wildman–Crippen LogP) is 3.23. The summed E-state index contributed by atoms with van der Waals surface area (Å²) in [5.74, 6) is 1.07. The molecule has 4 rings (SSSR count). The zero-order chi connectivity index (χ0) is 15.1. The fraction of sp³-hybridized carbons (Fsp3) is 0.294. The minimum atomic E-state index is -0.0443. The second kappa shape index (κ2) is 5.02. The third-order valence-corrected chi connectivity index (χ3v) is 4.11. The minimum absolute atomic E-state index is 0.0443. The molecule has 1 saturated heterocycles. The molecule has 5 heteroatoms. The second-order valence-electron chi connectivity index (χ2n) is 5.55. The van der Waals surface area contributed by atoms with E-state index in [-0.39, 0.29) is 5.91 Å². The lowest BCUT2D eigenvalue weighted by atomic mass is 10.2. The summed E-state index contributed by atoms with van der Waals surface area (Å²) in [4.78, 5) is 18.7. The smallest absolute Gasteiger partial charge is 0.289 e. The van der Waals surface area contributed by atoms with Crippen LogP contribution in [0.3, 0.4) is 0 Å². The number of hydrogen-bond acceptors (Lipinski definition) is 4. The molecule has 1 aliphatic rings. The number of furan rings is 1. The van der Waals surface area contributed by atoms with E-state index in [1.165, 1.54) is 0 Å². The van der Waals surface area contributed by atoms with E-state index in [0.717, 1.165) is 48.0 Å². The number of likely N-dealkylation sites (tertiary alicyclic amines) is 1. The number of nitrogens with zero attached hydrogens (tertiary/aromatic N) is 2. The molecule has 0 bridgehead atoms. The van der Waals surface area contributed by atoms with Crippen LogP contribution in [0.25, 0.3) is 22.0 Å². The van der Waals surface area contributed by atoms with Gasteiger partial charge in [0.25, 0.3) is 5.91 Å². The number of pyridine rings is 1. The van der Waals surface area contributed by atoms with Gasteiger partial charge in [-0.2, -0.15) is 0 Å². The van der Waals surface area contributed by atoms with Gasteiger partial charge >= 0.3 is 0 Å². The van der Waals surface area contributed by atoms with Gasteiger partial charge in [-0.3, -0.25) is 4.79 Å². The maximum atomic E-state index is 12.4. The van der Waals surface area contributed by atoms with Crippen molar-refractivity contribution >= 4 is 27.9 Å².